The van der Waals surface area contributed by atoms with E-state index in [1.54, 1.807) is 35.6 Å². The molecule has 0 bridgehead atoms. The van der Waals surface area contributed by atoms with Crippen molar-refractivity contribution in [3.05, 3.63) is 59.9 Å². The molecule has 3 N–H and O–H groups in total. The standard InChI is InChI=1S/C19H16N2O5/c1-11-15-9-13(26-12-5-3-2-4-6-12)7-8-14(15)18(24)17(21-11)19(25)20-10-16(22)23/h2-9,24H,10H2,1H3,(H,20,25)(H,22,23)/i8D,9D,10D2. The lowest BCUT2D eigenvalue weighted by atomic mass is 10.1. The number of amides is 1. The van der Waals surface area contributed by atoms with Crippen molar-refractivity contribution in [2.45, 2.75) is 6.92 Å². The summed E-state index contributed by atoms with van der Waals surface area (Å²) in [5, 5.41) is 20.9. The summed E-state index contributed by atoms with van der Waals surface area (Å²) in [4.78, 5) is 27.1. The fourth-order valence-corrected chi connectivity index (χ4v) is 2.28. The Balaban J connectivity index is 2.13. The van der Waals surface area contributed by atoms with E-state index in [1.807, 2.05) is 0 Å². The molecule has 2 aromatic carbocycles. The summed E-state index contributed by atoms with van der Waals surface area (Å²) < 4.78 is 36.9. The van der Waals surface area contributed by atoms with Crippen molar-refractivity contribution in [2.75, 3.05) is 6.50 Å². The van der Waals surface area contributed by atoms with Crippen LogP contribution in [-0.4, -0.2) is 33.6 Å². The highest BCUT2D eigenvalue weighted by Crippen LogP contribution is 2.33. The first-order chi connectivity index (χ1) is 14.0. The number of carbonyl (C=O) groups excluding carboxylic acids is 1. The molecule has 1 amide bonds. The van der Waals surface area contributed by atoms with Gasteiger partial charge in [-0.15, -0.1) is 0 Å². The van der Waals surface area contributed by atoms with Crippen molar-refractivity contribution >= 4 is 22.6 Å². The van der Waals surface area contributed by atoms with Gasteiger partial charge in [0, 0.05) is 16.5 Å². The number of hydrogen-bond acceptors (Lipinski definition) is 5. The number of nitrogens with one attached hydrogen (secondary N) is 1. The molecule has 0 spiro atoms. The second-order valence-corrected chi connectivity index (χ2v) is 5.22. The summed E-state index contributed by atoms with van der Waals surface area (Å²) in [6.07, 6.45) is 0. The van der Waals surface area contributed by atoms with Crippen LogP contribution >= 0.6 is 0 Å². The monoisotopic (exact) mass is 356 g/mol. The fourth-order valence-electron chi connectivity index (χ4n) is 2.28. The van der Waals surface area contributed by atoms with Crippen LogP contribution in [0.2, 0.25) is 0 Å². The van der Waals surface area contributed by atoms with Crippen LogP contribution in [0.5, 0.6) is 17.2 Å². The zero-order valence-corrected chi connectivity index (χ0v) is 13.5. The van der Waals surface area contributed by atoms with Gasteiger partial charge in [0.1, 0.15) is 18.0 Å². The van der Waals surface area contributed by atoms with Gasteiger partial charge >= 0.3 is 5.97 Å². The average Bonchev–Trinajstić information content (AvgIpc) is 2.67. The van der Waals surface area contributed by atoms with Crippen LogP contribution in [0.15, 0.2) is 48.5 Å². The summed E-state index contributed by atoms with van der Waals surface area (Å²) in [6, 6.07) is 9.37. The lowest BCUT2D eigenvalue weighted by molar-refractivity contribution is -0.135. The minimum Gasteiger partial charge on any atom is -0.505 e. The molecule has 0 fully saturated rings. The van der Waals surface area contributed by atoms with E-state index in [-0.39, 0.29) is 34.3 Å². The Morgan fingerprint density at radius 3 is 2.65 bits per heavy atom. The van der Waals surface area contributed by atoms with E-state index >= 15 is 0 Å². The Morgan fingerprint density at radius 1 is 1.23 bits per heavy atom. The topological polar surface area (TPSA) is 109 Å². The quantitative estimate of drug-likeness (QED) is 0.649. The van der Waals surface area contributed by atoms with E-state index in [1.165, 1.54) is 13.0 Å². The number of carboxylic acids is 1. The molecule has 1 aromatic heterocycles. The van der Waals surface area contributed by atoms with Gasteiger partial charge < -0.3 is 20.3 Å². The van der Waals surface area contributed by atoms with Gasteiger partial charge in [-0.25, -0.2) is 4.98 Å². The third-order valence-corrected chi connectivity index (χ3v) is 3.42. The molecule has 0 saturated carbocycles. The third kappa shape index (κ3) is 3.56. The number of fused-ring (bicyclic) bond motifs is 1. The molecular weight excluding hydrogens is 336 g/mol. The minimum atomic E-state index is -3.09. The SMILES string of the molecule is [2H]c1cc(Oc2ccccc2)c([2H])c2c(C)nc(C(=O)NC([2H])([2H])C(=O)O)c(O)c12. The summed E-state index contributed by atoms with van der Waals surface area (Å²) in [5.74, 6) is -3.49. The Hall–Kier alpha value is -3.61. The number of carboxylic acid groups (broad SMARTS) is 1. The van der Waals surface area contributed by atoms with Crippen molar-refractivity contribution in [3.8, 4) is 17.2 Å². The molecular formula is C19H16N2O5. The van der Waals surface area contributed by atoms with Gasteiger partial charge in [-0.1, -0.05) is 18.2 Å². The van der Waals surface area contributed by atoms with Crippen LogP contribution in [-0.2, 0) is 4.79 Å². The number of aromatic hydroxyl groups is 1. The molecule has 0 aliphatic heterocycles. The van der Waals surface area contributed by atoms with Gasteiger partial charge in [0.15, 0.2) is 11.4 Å². The smallest absolute Gasteiger partial charge is 0.322 e. The van der Waals surface area contributed by atoms with Crippen LogP contribution in [0.3, 0.4) is 0 Å². The Labute approximate surface area is 154 Å². The Bertz CT molecular complexity index is 1170. The summed E-state index contributed by atoms with van der Waals surface area (Å²) in [7, 11) is 0. The van der Waals surface area contributed by atoms with Crippen LogP contribution in [0.1, 0.15) is 21.7 Å². The predicted molar refractivity (Wildman–Crippen MR) is 94.6 cm³/mol. The largest absolute Gasteiger partial charge is 0.505 e. The number of rotatable bonds is 5. The maximum absolute atomic E-state index is 12.3. The second-order valence-electron chi connectivity index (χ2n) is 5.22. The molecule has 0 atom stereocenters. The van der Waals surface area contributed by atoms with E-state index in [4.69, 9.17) is 15.3 Å². The van der Waals surface area contributed by atoms with Gasteiger partial charge in [-0.3, -0.25) is 9.59 Å². The van der Waals surface area contributed by atoms with Crippen molar-refractivity contribution in [1.29, 1.82) is 0 Å². The number of hydrogen-bond donors (Lipinski definition) is 3. The maximum atomic E-state index is 12.3. The molecule has 1 heterocycles. The zero-order valence-electron chi connectivity index (χ0n) is 17.5. The van der Waals surface area contributed by atoms with Crippen molar-refractivity contribution < 1.29 is 30.0 Å². The van der Waals surface area contributed by atoms with Crippen LogP contribution in [0.4, 0.5) is 0 Å². The fraction of sp³-hybridized carbons (Fsp3) is 0.105. The second kappa shape index (κ2) is 7.10. The number of benzene rings is 2. The molecule has 0 aliphatic carbocycles. The number of aliphatic carboxylic acids is 1. The molecule has 3 rings (SSSR count). The van der Waals surface area contributed by atoms with Crippen LogP contribution in [0, 0.1) is 6.92 Å². The predicted octanol–water partition coefficient (Wildman–Crippen LogP) is 2.86. The van der Waals surface area contributed by atoms with Gasteiger partial charge in [0.25, 0.3) is 5.91 Å². The number of para-hydroxylation sites is 1. The van der Waals surface area contributed by atoms with Gasteiger partial charge in [0.05, 0.1) is 5.48 Å². The highest BCUT2D eigenvalue weighted by molar-refractivity contribution is 6.03. The summed E-state index contributed by atoms with van der Waals surface area (Å²) in [6.45, 7) is -1.65. The Kier molecular flexibility index (Phi) is 3.47. The van der Waals surface area contributed by atoms with E-state index in [0.29, 0.717) is 5.75 Å². The summed E-state index contributed by atoms with van der Waals surface area (Å²) >= 11 is 0. The van der Waals surface area contributed by atoms with Gasteiger partial charge in [0.2, 0.25) is 0 Å². The minimum absolute atomic E-state index is 0.0439. The van der Waals surface area contributed by atoms with Crippen LogP contribution < -0.4 is 10.1 Å². The van der Waals surface area contributed by atoms with E-state index < -0.39 is 29.8 Å². The molecule has 7 nitrogen and oxygen atoms in total. The number of ether oxygens (including phenoxy) is 1. The third-order valence-electron chi connectivity index (χ3n) is 3.42. The maximum Gasteiger partial charge on any atom is 0.322 e. The van der Waals surface area contributed by atoms with E-state index in [2.05, 4.69) is 4.98 Å². The molecule has 0 unspecified atom stereocenters. The van der Waals surface area contributed by atoms with Crippen LogP contribution in [0.25, 0.3) is 10.8 Å². The first kappa shape index (κ1) is 12.7. The number of nitrogens with zero attached hydrogens (tertiary/aromatic N) is 1. The van der Waals surface area contributed by atoms with Gasteiger partial charge in [-0.05, 0) is 37.2 Å². The number of pyridine rings is 1. The molecule has 0 aliphatic rings. The zero-order chi connectivity index (χ0) is 22.2. The first-order valence-corrected chi connectivity index (χ1v) is 7.45. The molecule has 0 saturated heterocycles. The van der Waals surface area contributed by atoms with Crippen molar-refractivity contribution in [3.63, 3.8) is 0 Å². The molecule has 26 heavy (non-hydrogen) atoms. The lowest BCUT2D eigenvalue weighted by Gasteiger charge is -2.12. The highest BCUT2D eigenvalue weighted by Gasteiger charge is 2.18. The summed E-state index contributed by atoms with van der Waals surface area (Å²) in [5.41, 5.74) is -0.560. The lowest BCUT2D eigenvalue weighted by Crippen LogP contribution is -2.30. The first-order valence-electron chi connectivity index (χ1n) is 9.45. The molecule has 3 aromatic rings. The Morgan fingerprint density at radius 2 is 1.96 bits per heavy atom. The molecule has 7 heteroatoms. The van der Waals surface area contributed by atoms with E-state index in [9.17, 15) is 14.7 Å². The van der Waals surface area contributed by atoms with Crippen molar-refractivity contribution in [2.24, 2.45) is 0 Å². The van der Waals surface area contributed by atoms with Crippen molar-refractivity contribution in [1.82, 2.24) is 10.3 Å². The molecule has 0 radical (unpaired) electrons. The number of aromatic nitrogens is 1. The number of aryl methyl sites for hydroxylation is 1. The average molecular weight is 356 g/mol. The highest BCUT2D eigenvalue weighted by atomic mass is 16.5. The number of carbonyl (C=O) groups is 2. The van der Waals surface area contributed by atoms with E-state index in [0.717, 1.165) is 0 Å². The molecule has 132 valence electrons. The normalized spacial score (nSPS) is 13.3. The van der Waals surface area contributed by atoms with Gasteiger partial charge in [-0.2, -0.15) is 0 Å².